The van der Waals surface area contributed by atoms with Gasteiger partial charge in [-0.05, 0) is 48.9 Å². The third-order valence-electron chi connectivity index (χ3n) is 2.91. The minimum absolute atomic E-state index is 0.163. The van der Waals surface area contributed by atoms with Crippen molar-refractivity contribution in [2.45, 2.75) is 11.8 Å². The first-order chi connectivity index (χ1) is 9.27. The lowest BCUT2D eigenvalue weighted by Gasteiger charge is -2.12. The van der Waals surface area contributed by atoms with Crippen LogP contribution in [0.5, 0.6) is 0 Å². The highest BCUT2D eigenvalue weighted by molar-refractivity contribution is 7.90. The smallest absolute Gasteiger partial charge is 0.175 e. The monoisotopic (exact) mass is 294 g/mol. The van der Waals surface area contributed by atoms with Gasteiger partial charge in [0.2, 0.25) is 0 Å². The van der Waals surface area contributed by atoms with Gasteiger partial charge in [0.05, 0.1) is 16.3 Å². The molecule has 2 aromatic carbocycles. The van der Waals surface area contributed by atoms with Gasteiger partial charge in [0, 0.05) is 11.9 Å². The Morgan fingerprint density at radius 3 is 2.30 bits per heavy atom. The molecule has 0 aliphatic rings. The van der Waals surface area contributed by atoms with Crippen molar-refractivity contribution in [2.75, 3.05) is 17.3 Å². The van der Waals surface area contributed by atoms with E-state index in [1.54, 1.807) is 19.1 Å². The third kappa shape index (κ3) is 3.08. The molecule has 0 aliphatic heterocycles. The molecule has 0 bridgehead atoms. The van der Waals surface area contributed by atoms with Crippen LogP contribution < -0.4 is 11.1 Å². The number of nitrogen functional groups attached to an aromatic ring is 1. The van der Waals surface area contributed by atoms with Gasteiger partial charge in [-0.2, -0.15) is 0 Å². The first kappa shape index (κ1) is 14.3. The first-order valence-electron chi connectivity index (χ1n) is 5.90. The Balaban J connectivity index is 2.35. The predicted octanol–water partition coefficient (Wildman–Crippen LogP) is 2.86. The lowest BCUT2D eigenvalue weighted by Crippen LogP contribution is -2.02. The van der Waals surface area contributed by atoms with Gasteiger partial charge in [-0.15, -0.1) is 0 Å². The number of anilines is 3. The zero-order valence-corrected chi connectivity index (χ0v) is 12.0. The van der Waals surface area contributed by atoms with Crippen LogP contribution in [-0.2, 0) is 9.84 Å². The van der Waals surface area contributed by atoms with E-state index in [0.29, 0.717) is 17.1 Å². The summed E-state index contributed by atoms with van der Waals surface area (Å²) in [6.45, 7) is 1.77. The van der Waals surface area contributed by atoms with Crippen LogP contribution in [0.3, 0.4) is 0 Å². The first-order valence-corrected chi connectivity index (χ1v) is 7.79. The van der Waals surface area contributed by atoms with Crippen LogP contribution in [0.25, 0.3) is 0 Å². The normalized spacial score (nSPS) is 11.3. The Morgan fingerprint density at radius 2 is 1.75 bits per heavy atom. The Bertz CT molecular complexity index is 758. The van der Waals surface area contributed by atoms with E-state index in [-0.39, 0.29) is 10.7 Å². The van der Waals surface area contributed by atoms with Crippen molar-refractivity contribution < 1.29 is 12.8 Å². The van der Waals surface area contributed by atoms with E-state index in [1.807, 2.05) is 0 Å². The highest BCUT2D eigenvalue weighted by Crippen LogP contribution is 2.27. The largest absolute Gasteiger partial charge is 0.397 e. The molecule has 0 aliphatic carbocycles. The highest BCUT2D eigenvalue weighted by Gasteiger charge is 2.10. The van der Waals surface area contributed by atoms with Gasteiger partial charge in [0.1, 0.15) is 5.82 Å². The standard InChI is InChI=1S/C14H15FN2O2S/c1-9-7-10(15)3-5-13(9)17-14-6-4-11(8-12(14)16)20(2,18)19/h3-8,17H,16H2,1-2H3. The fraction of sp³-hybridized carbons (Fsp3) is 0.143. The minimum atomic E-state index is -3.29. The number of rotatable bonds is 3. The Hall–Kier alpha value is -2.08. The van der Waals surface area contributed by atoms with Gasteiger partial charge in [-0.25, -0.2) is 12.8 Å². The van der Waals surface area contributed by atoms with Crippen LogP contribution in [0.1, 0.15) is 5.56 Å². The van der Waals surface area contributed by atoms with Crippen molar-refractivity contribution in [3.8, 4) is 0 Å². The summed E-state index contributed by atoms with van der Waals surface area (Å²) < 4.78 is 35.9. The molecule has 0 unspecified atom stereocenters. The van der Waals surface area contributed by atoms with Crippen LogP contribution in [0.2, 0.25) is 0 Å². The molecular formula is C14H15FN2O2S. The fourth-order valence-electron chi connectivity index (χ4n) is 1.80. The molecule has 3 N–H and O–H groups in total. The summed E-state index contributed by atoms with van der Waals surface area (Å²) in [5.74, 6) is -0.312. The van der Waals surface area contributed by atoms with Gasteiger partial charge in [0.25, 0.3) is 0 Å². The zero-order valence-electron chi connectivity index (χ0n) is 11.1. The number of hydrogen-bond acceptors (Lipinski definition) is 4. The SMILES string of the molecule is Cc1cc(F)ccc1Nc1ccc(S(C)(=O)=O)cc1N. The van der Waals surface area contributed by atoms with E-state index in [4.69, 9.17) is 5.73 Å². The number of sulfone groups is 1. The molecule has 0 amide bonds. The second-order valence-corrected chi connectivity index (χ2v) is 6.62. The summed E-state index contributed by atoms with van der Waals surface area (Å²) in [6.07, 6.45) is 1.12. The number of hydrogen-bond donors (Lipinski definition) is 2. The third-order valence-corrected chi connectivity index (χ3v) is 4.02. The average Bonchev–Trinajstić information content (AvgIpc) is 2.33. The van der Waals surface area contributed by atoms with E-state index in [0.717, 1.165) is 11.8 Å². The van der Waals surface area contributed by atoms with Crippen LogP contribution in [0.15, 0.2) is 41.3 Å². The summed E-state index contributed by atoms with van der Waals surface area (Å²) >= 11 is 0. The van der Waals surface area contributed by atoms with Gasteiger partial charge in [-0.1, -0.05) is 0 Å². The van der Waals surface area contributed by atoms with Crippen molar-refractivity contribution in [1.82, 2.24) is 0 Å². The van der Waals surface area contributed by atoms with Crippen LogP contribution in [0.4, 0.5) is 21.5 Å². The quantitative estimate of drug-likeness (QED) is 0.854. The second kappa shape index (κ2) is 5.13. The van der Waals surface area contributed by atoms with Crippen molar-refractivity contribution in [3.05, 3.63) is 47.8 Å². The maximum Gasteiger partial charge on any atom is 0.175 e. The lowest BCUT2D eigenvalue weighted by atomic mass is 10.2. The Labute approximate surface area is 117 Å². The molecule has 4 nitrogen and oxygen atoms in total. The van der Waals surface area contributed by atoms with Gasteiger partial charge >= 0.3 is 0 Å². The maximum absolute atomic E-state index is 13.0. The van der Waals surface area contributed by atoms with E-state index < -0.39 is 9.84 Å². The minimum Gasteiger partial charge on any atom is -0.397 e. The van der Waals surface area contributed by atoms with Crippen molar-refractivity contribution in [2.24, 2.45) is 0 Å². The molecule has 0 spiro atoms. The molecule has 6 heteroatoms. The van der Waals surface area contributed by atoms with Crippen molar-refractivity contribution >= 4 is 26.9 Å². The number of halogens is 1. The fourth-order valence-corrected chi connectivity index (χ4v) is 2.45. The molecule has 20 heavy (non-hydrogen) atoms. The molecule has 2 rings (SSSR count). The van der Waals surface area contributed by atoms with Crippen molar-refractivity contribution in [1.29, 1.82) is 0 Å². The molecule has 0 radical (unpaired) electrons. The zero-order chi connectivity index (χ0) is 14.9. The molecular weight excluding hydrogens is 279 g/mol. The number of nitrogens with one attached hydrogen (secondary N) is 1. The summed E-state index contributed by atoms with van der Waals surface area (Å²) in [5, 5.41) is 3.06. The van der Waals surface area contributed by atoms with Crippen molar-refractivity contribution in [3.63, 3.8) is 0 Å². The van der Waals surface area contributed by atoms with Gasteiger partial charge in [0.15, 0.2) is 9.84 Å². The predicted molar refractivity (Wildman–Crippen MR) is 78.4 cm³/mol. The Kier molecular flexibility index (Phi) is 3.67. The topological polar surface area (TPSA) is 72.2 Å². The number of aryl methyl sites for hydroxylation is 1. The van der Waals surface area contributed by atoms with Crippen LogP contribution in [-0.4, -0.2) is 14.7 Å². The molecule has 0 fully saturated rings. The lowest BCUT2D eigenvalue weighted by molar-refractivity contribution is 0.602. The van der Waals surface area contributed by atoms with E-state index >= 15 is 0 Å². The molecule has 0 saturated carbocycles. The summed E-state index contributed by atoms with van der Waals surface area (Å²) in [5.41, 5.74) is 8.18. The van der Waals surface area contributed by atoms with Crippen LogP contribution in [0, 0.1) is 12.7 Å². The van der Waals surface area contributed by atoms with E-state index in [2.05, 4.69) is 5.32 Å². The van der Waals surface area contributed by atoms with Gasteiger partial charge in [-0.3, -0.25) is 0 Å². The molecule has 0 heterocycles. The van der Waals surface area contributed by atoms with E-state index in [1.165, 1.54) is 24.3 Å². The molecule has 0 aromatic heterocycles. The summed E-state index contributed by atoms with van der Waals surface area (Å²) in [6, 6.07) is 8.83. The summed E-state index contributed by atoms with van der Waals surface area (Å²) in [4.78, 5) is 0.163. The number of benzene rings is 2. The molecule has 2 aromatic rings. The van der Waals surface area contributed by atoms with E-state index in [9.17, 15) is 12.8 Å². The summed E-state index contributed by atoms with van der Waals surface area (Å²) in [7, 11) is -3.29. The molecule has 0 atom stereocenters. The second-order valence-electron chi connectivity index (χ2n) is 4.61. The maximum atomic E-state index is 13.0. The van der Waals surface area contributed by atoms with Crippen LogP contribution >= 0.6 is 0 Å². The Morgan fingerprint density at radius 1 is 1.10 bits per heavy atom. The highest BCUT2D eigenvalue weighted by atomic mass is 32.2. The molecule has 106 valence electrons. The average molecular weight is 294 g/mol. The molecule has 0 saturated heterocycles. The number of nitrogens with two attached hydrogens (primary N) is 1. The van der Waals surface area contributed by atoms with Gasteiger partial charge < -0.3 is 11.1 Å².